The molecule has 1 heterocycles. The molecular weight excluding hydrogens is 208 g/mol. The summed E-state index contributed by atoms with van der Waals surface area (Å²) in [7, 11) is 0. The van der Waals surface area contributed by atoms with Crippen molar-refractivity contribution < 1.29 is 14.7 Å². The van der Waals surface area contributed by atoms with Crippen LogP contribution < -0.4 is 5.32 Å². The topological polar surface area (TPSA) is 69.6 Å². The maximum absolute atomic E-state index is 11.7. The van der Waals surface area contributed by atoms with Gasteiger partial charge in [0.15, 0.2) is 0 Å². The van der Waals surface area contributed by atoms with Crippen molar-refractivity contribution in [3.05, 3.63) is 0 Å². The third-order valence-electron chi connectivity index (χ3n) is 3.07. The molecule has 0 aromatic carbocycles. The number of hydrogen-bond acceptors (Lipinski definition) is 3. The number of nitrogens with one attached hydrogen (secondary N) is 1. The monoisotopic (exact) mass is 228 g/mol. The molecule has 5 heteroatoms. The second-order valence-corrected chi connectivity index (χ2v) is 4.50. The Labute approximate surface area is 95.8 Å². The summed E-state index contributed by atoms with van der Waals surface area (Å²) in [6.45, 7) is 5.43. The Hall–Kier alpha value is -1.10. The quantitative estimate of drug-likeness (QED) is 0.726. The Kier molecular flexibility index (Phi) is 4.73. The number of hydrogen-bond donors (Lipinski definition) is 2. The first-order valence-corrected chi connectivity index (χ1v) is 5.74. The zero-order valence-electron chi connectivity index (χ0n) is 9.90. The molecule has 1 amide bonds. The molecular formula is C11H20N2O3. The molecule has 1 atom stereocenters. The lowest BCUT2D eigenvalue weighted by Gasteiger charge is -2.30. The average Bonchev–Trinajstić information content (AvgIpc) is 2.26. The highest BCUT2D eigenvalue weighted by atomic mass is 16.4. The minimum absolute atomic E-state index is 0.000000000000000222. The maximum atomic E-state index is 11.7. The van der Waals surface area contributed by atoms with E-state index in [9.17, 15) is 9.59 Å². The number of nitrogens with zero attached hydrogens (tertiary/aromatic N) is 1. The molecule has 1 fully saturated rings. The number of rotatable bonds is 4. The summed E-state index contributed by atoms with van der Waals surface area (Å²) >= 11 is 0. The largest absolute Gasteiger partial charge is 0.480 e. The zero-order chi connectivity index (χ0) is 12.1. The van der Waals surface area contributed by atoms with Crippen LogP contribution in [0.3, 0.4) is 0 Å². The smallest absolute Gasteiger partial charge is 0.320 e. The molecule has 0 aliphatic carbocycles. The summed E-state index contributed by atoms with van der Waals surface area (Å²) in [5.41, 5.74) is 0. The summed E-state index contributed by atoms with van der Waals surface area (Å²) in [6.07, 6.45) is 2.08. The Morgan fingerprint density at radius 3 is 2.50 bits per heavy atom. The minimum atomic E-state index is -0.930. The van der Waals surface area contributed by atoms with Gasteiger partial charge in [0, 0.05) is 13.1 Å². The van der Waals surface area contributed by atoms with Crippen LogP contribution in [-0.4, -0.2) is 47.6 Å². The van der Waals surface area contributed by atoms with Crippen LogP contribution in [0.15, 0.2) is 0 Å². The molecule has 92 valence electrons. The SMILES string of the molecule is CC1CCN(C(=O)CN[C@@H](C)C(=O)O)CC1. The summed E-state index contributed by atoms with van der Waals surface area (Å²) < 4.78 is 0. The van der Waals surface area contributed by atoms with Crippen molar-refractivity contribution >= 4 is 11.9 Å². The summed E-state index contributed by atoms with van der Waals surface area (Å²) in [5, 5.41) is 11.4. The molecule has 0 bridgehead atoms. The van der Waals surface area contributed by atoms with Gasteiger partial charge in [0.2, 0.25) is 5.91 Å². The molecule has 1 rings (SSSR count). The molecule has 0 radical (unpaired) electrons. The van der Waals surface area contributed by atoms with E-state index in [1.54, 1.807) is 0 Å². The van der Waals surface area contributed by atoms with Gasteiger partial charge in [-0.15, -0.1) is 0 Å². The van der Waals surface area contributed by atoms with Crippen molar-refractivity contribution in [1.82, 2.24) is 10.2 Å². The summed E-state index contributed by atoms with van der Waals surface area (Å²) in [6, 6.07) is -0.673. The molecule has 0 aromatic rings. The number of carboxylic acids is 1. The van der Waals surface area contributed by atoms with Gasteiger partial charge in [0.1, 0.15) is 6.04 Å². The number of amides is 1. The van der Waals surface area contributed by atoms with E-state index in [1.807, 2.05) is 4.90 Å². The average molecular weight is 228 g/mol. The van der Waals surface area contributed by atoms with E-state index < -0.39 is 12.0 Å². The number of aliphatic carboxylic acids is 1. The lowest BCUT2D eigenvalue weighted by molar-refractivity contribution is -0.139. The third kappa shape index (κ3) is 3.81. The molecule has 16 heavy (non-hydrogen) atoms. The molecule has 2 N–H and O–H groups in total. The number of carbonyl (C=O) groups is 2. The van der Waals surface area contributed by atoms with E-state index in [4.69, 9.17) is 5.11 Å². The first-order valence-electron chi connectivity index (χ1n) is 5.74. The molecule has 5 nitrogen and oxygen atoms in total. The van der Waals surface area contributed by atoms with Crippen LogP contribution in [0.25, 0.3) is 0 Å². The lowest BCUT2D eigenvalue weighted by atomic mass is 9.99. The Morgan fingerprint density at radius 1 is 1.44 bits per heavy atom. The molecule has 0 spiro atoms. The maximum Gasteiger partial charge on any atom is 0.320 e. The second kappa shape index (κ2) is 5.84. The molecule has 0 unspecified atom stereocenters. The number of likely N-dealkylation sites (tertiary alicyclic amines) is 1. The fourth-order valence-electron chi connectivity index (χ4n) is 1.70. The summed E-state index contributed by atoms with van der Waals surface area (Å²) in [4.78, 5) is 24.1. The van der Waals surface area contributed by atoms with Crippen molar-refractivity contribution in [3.8, 4) is 0 Å². The predicted molar refractivity (Wildman–Crippen MR) is 60.1 cm³/mol. The van der Waals surface area contributed by atoms with Crippen molar-refractivity contribution in [1.29, 1.82) is 0 Å². The van der Waals surface area contributed by atoms with Crippen molar-refractivity contribution in [3.63, 3.8) is 0 Å². The van der Waals surface area contributed by atoms with Gasteiger partial charge in [-0.05, 0) is 25.7 Å². The van der Waals surface area contributed by atoms with Crippen LogP contribution in [0, 0.1) is 5.92 Å². The number of carboxylic acid groups (broad SMARTS) is 1. The molecule has 1 saturated heterocycles. The van der Waals surface area contributed by atoms with E-state index in [1.165, 1.54) is 6.92 Å². The fourth-order valence-corrected chi connectivity index (χ4v) is 1.70. The molecule has 0 aromatic heterocycles. The van der Waals surface area contributed by atoms with Gasteiger partial charge in [-0.25, -0.2) is 0 Å². The van der Waals surface area contributed by atoms with Gasteiger partial charge in [0.05, 0.1) is 6.54 Å². The van der Waals surface area contributed by atoms with E-state index >= 15 is 0 Å². The Morgan fingerprint density at radius 2 is 2.00 bits per heavy atom. The molecule has 1 aliphatic heterocycles. The van der Waals surface area contributed by atoms with Gasteiger partial charge in [-0.1, -0.05) is 6.92 Å². The lowest BCUT2D eigenvalue weighted by Crippen LogP contribution is -2.45. The van der Waals surface area contributed by atoms with E-state index in [2.05, 4.69) is 12.2 Å². The van der Waals surface area contributed by atoms with Crippen molar-refractivity contribution in [2.24, 2.45) is 5.92 Å². The minimum Gasteiger partial charge on any atom is -0.480 e. The van der Waals surface area contributed by atoms with Gasteiger partial charge < -0.3 is 10.0 Å². The first kappa shape index (κ1) is 13.0. The molecule has 1 aliphatic rings. The van der Waals surface area contributed by atoms with E-state index in [0.717, 1.165) is 25.9 Å². The highest BCUT2D eigenvalue weighted by molar-refractivity contribution is 5.80. The highest BCUT2D eigenvalue weighted by Crippen LogP contribution is 2.15. The predicted octanol–water partition coefficient (Wildman–Crippen LogP) is 0.308. The molecule has 0 saturated carbocycles. The zero-order valence-corrected chi connectivity index (χ0v) is 9.90. The van der Waals surface area contributed by atoms with E-state index in [0.29, 0.717) is 5.92 Å². The Bertz CT molecular complexity index is 260. The first-order chi connectivity index (χ1) is 7.50. The summed E-state index contributed by atoms with van der Waals surface area (Å²) in [5.74, 6) is -0.241. The van der Waals surface area contributed by atoms with Crippen LogP contribution >= 0.6 is 0 Å². The second-order valence-electron chi connectivity index (χ2n) is 4.50. The van der Waals surface area contributed by atoms with Crippen molar-refractivity contribution in [2.75, 3.05) is 19.6 Å². The van der Waals surface area contributed by atoms with Crippen LogP contribution in [0.5, 0.6) is 0 Å². The van der Waals surface area contributed by atoms with Crippen LogP contribution in [0.2, 0.25) is 0 Å². The van der Waals surface area contributed by atoms with Gasteiger partial charge in [0.25, 0.3) is 0 Å². The standard InChI is InChI=1S/C11H20N2O3/c1-8-3-5-13(6-4-8)10(14)7-12-9(2)11(15)16/h8-9,12H,3-7H2,1-2H3,(H,15,16)/t9-/m0/s1. The number of piperidine rings is 1. The van der Waals surface area contributed by atoms with Gasteiger partial charge >= 0.3 is 5.97 Å². The fraction of sp³-hybridized carbons (Fsp3) is 0.818. The normalized spacial score (nSPS) is 19.5. The van der Waals surface area contributed by atoms with Crippen LogP contribution in [-0.2, 0) is 9.59 Å². The van der Waals surface area contributed by atoms with E-state index in [-0.39, 0.29) is 12.5 Å². The van der Waals surface area contributed by atoms with Crippen LogP contribution in [0.1, 0.15) is 26.7 Å². The van der Waals surface area contributed by atoms with Gasteiger partial charge in [-0.2, -0.15) is 0 Å². The van der Waals surface area contributed by atoms with Crippen LogP contribution in [0.4, 0.5) is 0 Å². The van der Waals surface area contributed by atoms with Gasteiger partial charge in [-0.3, -0.25) is 14.9 Å². The highest BCUT2D eigenvalue weighted by Gasteiger charge is 2.21. The third-order valence-corrected chi connectivity index (χ3v) is 3.07. The van der Waals surface area contributed by atoms with Crippen molar-refractivity contribution in [2.45, 2.75) is 32.7 Å². The Balaban J connectivity index is 2.27. The number of carbonyl (C=O) groups excluding carboxylic acids is 1.